The highest BCUT2D eigenvalue weighted by Gasteiger charge is 2.23. The average Bonchev–Trinajstić information content (AvgIpc) is 2.46. The van der Waals surface area contributed by atoms with Crippen molar-refractivity contribution in [1.29, 1.82) is 0 Å². The molecule has 0 aliphatic heterocycles. The number of hydrogen-bond donors (Lipinski definition) is 1. The Labute approximate surface area is 104 Å². The number of anilines is 1. The van der Waals surface area contributed by atoms with E-state index in [1.54, 1.807) is 0 Å². The van der Waals surface area contributed by atoms with Crippen molar-refractivity contribution in [3.8, 4) is 0 Å². The van der Waals surface area contributed by atoms with Gasteiger partial charge in [-0.2, -0.15) is 0 Å². The lowest BCUT2D eigenvalue weighted by atomic mass is 10.1. The van der Waals surface area contributed by atoms with E-state index in [2.05, 4.69) is 31.1 Å². The zero-order valence-corrected chi connectivity index (χ0v) is 10.7. The first-order chi connectivity index (χ1) is 6.18. The largest absolute Gasteiger partial charge is 0.399 e. The van der Waals surface area contributed by atoms with Gasteiger partial charge in [0.2, 0.25) is 0 Å². The first-order valence-corrected chi connectivity index (χ1v) is 4.73. The van der Waals surface area contributed by atoms with Gasteiger partial charge in [0.15, 0.2) is 0 Å². The summed E-state index contributed by atoms with van der Waals surface area (Å²) in [5, 5.41) is 0. The van der Waals surface area contributed by atoms with Crippen molar-refractivity contribution in [2.75, 3.05) is 19.8 Å². The molecule has 1 atom stereocenters. The molecule has 2 rings (SSSR count). The standard InChI is InChI=1S/C11H16N2.2ClH/c1-13(2)11-6-3-8-7-9(12)4-5-10(8)11;;/h4-5,7,11H,3,6,12H2,1-2H3;2*1H. The highest BCUT2D eigenvalue weighted by molar-refractivity contribution is 5.85. The smallest absolute Gasteiger partial charge is 0.0347 e. The van der Waals surface area contributed by atoms with Crippen molar-refractivity contribution in [2.24, 2.45) is 0 Å². The third-order valence-corrected chi connectivity index (χ3v) is 2.84. The molecule has 2 N–H and O–H groups in total. The minimum absolute atomic E-state index is 0. The highest BCUT2D eigenvalue weighted by atomic mass is 35.5. The van der Waals surface area contributed by atoms with Crippen LogP contribution < -0.4 is 5.73 Å². The molecular formula is C11H18Cl2N2. The zero-order chi connectivity index (χ0) is 9.42. The fourth-order valence-electron chi connectivity index (χ4n) is 2.15. The van der Waals surface area contributed by atoms with Gasteiger partial charge in [-0.3, -0.25) is 0 Å². The predicted molar refractivity (Wildman–Crippen MR) is 70.1 cm³/mol. The Balaban J connectivity index is 0.000000980. The number of fused-ring (bicyclic) bond motifs is 1. The van der Waals surface area contributed by atoms with Gasteiger partial charge in [0.05, 0.1) is 0 Å². The van der Waals surface area contributed by atoms with E-state index in [1.165, 1.54) is 24.0 Å². The van der Waals surface area contributed by atoms with Crippen LogP contribution in [0, 0.1) is 0 Å². The molecule has 1 unspecified atom stereocenters. The topological polar surface area (TPSA) is 29.3 Å². The Morgan fingerprint density at radius 3 is 2.53 bits per heavy atom. The molecule has 0 bridgehead atoms. The van der Waals surface area contributed by atoms with Gasteiger partial charge in [-0.15, -0.1) is 24.8 Å². The molecule has 15 heavy (non-hydrogen) atoms. The van der Waals surface area contributed by atoms with Crippen molar-refractivity contribution in [1.82, 2.24) is 4.90 Å². The van der Waals surface area contributed by atoms with E-state index in [9.17, 15) is 0 Å². The van der Waals surface area contributed by atoms with Crippen LogP contribution >= 0.6 is 24.8 Å². The maximum Gasteiger partial charge on any atom is 0.0347 e. The molecule has 0 radical (unpaired) electrons. The van der Waals surface area contributed by atoms with E-state index in [-0.39, 0.29) is 24.8 Å². The molecule has 0 saturated heterocycles. The molecule has 2 nitrogen and oxygen atoms in total. The van der Waals surface area contributed by atoms with Crippen LogP contribution in [0.15, 0.2) is 18.2 Å². The van der Waals surface area contributed by atoms with Gasteiger partial charge >= 0.3 is 0 Å². The predicted octanol–water partition coefficient (Wildman–Crippen LogP) is 2.66. The van der Waals surface area contributed by atoms with Crippen LogP contribution in [0.5, 0.6) is 0 Å². The molecule has 1 aromatic rings. The van der Waals surface area contributed by atoms with Gasteiger partial charge < -0.3 is 10.6 Å². The summed E-state index contributed by atoms with van der Waals surface area (Å²) in [5.74, 6) is 0. The van der Waals surface area contributed by atoms with Crippen molar-refractivity contribution in [3.63, 3.8) is 0 Å². The molecule has 1 aromatic carbocycles. The van der Waals surface area contributed by atoms with Crippen LogP contribution in [0.2, 0.25) is 0 Å². The van der Waals surface area contributed by atoms with Crippen molar-refractivity contribution < 1.29 is 0 Å². The van der Waals surface area contributed by atoms with Gasteiger partial charge in [-0.05, 0) is 50.2 Å². The molecule has 0 heterocycles. The summed E-state index contributed by atoms with van der Waals surface area (Å²) >= 11 is 0. The molecule has 4 heteroatoms. The van der Waals surface area contributed by atoms with Crippen LogP contribution in [-0.4, -0.2) is 19.0 Å². The quantitative estimate of drug-likeness (QED) is 0.775. The van der Waals surface area contributed by atoms with Crippen LogP contribution in [0.25, 0.3) is 0 Å². The first kappa shape index (κ1) is 14.6. The van der Waals surface area contributed by atoms with Gasteiger partial charge in [0, 0.05) is 11.7 Å². The van der Waals surface area contributed by atoms with Crippen molar-refractivity contribution in [3.05, 3.63) is 29.3 Å². The summed E-state index contributed by atoms with van der Waals surface area (Å²) in [4.78, 5) is 2.28. The number of nitrogens with two attached hydrogens (primary N) is 1. The highest BCUT2D eigenvalue weighted by Crippen LogP contribution is 2.34. The number of halogens is 2. The lowest BCUT2D eigenvalue weighted by Gasteiger charge is -2.19. The summed E-state index contributed by atoms with van der Waals surface area (Å²) in [7, 11) is 4.27. The molecule has 1 aliphatic carbocycles. The number of rotatable bonds is 1. The lowest BCUT2D eigenvalue weighted by molar-refractivity contribution is 0.299. The fraction of sp³-hybridized carbons (Fsp3) is 0.455. The normalized spacial score (nSPS) is 17.9. The fourth-order valence-corrected chi connectivity index (χ4v) is 2.15. The monoisotopic (exact) mass is 248 g/mol. The second-order valence-corrected chi connectivity index (χ2v) is 3.98. The molecule has 0 fully saturated rings. The zero-order valence-electron chi connectivity index (χ0n) is 9.06. The maximum atomic E-state index is 5.74. The summed E-state index contributed by atoms with van der Waals surface area (Å²) in [6.07, 6.45) is 2.40. The number of nitrogen functional groups attached to an aromatic ring is 1. The van der Waals surface area contributed by atoms with Crippen molar-refractivity contribution >= 4 is 30.5 Å². The summed E-state index contributed by atoms with van der Waals surface area (Å²) in [5.41, 5.74) is 9.51. The Hall–Kier alpha value is -0.440. The molecule has 0 saturated carbocycles. The number of aryl methyl sites for hydroxylation is 1. The molecule has 0 amide bonds. The minimum atomic E-state index is 0. The average molecular weight is 249 g/mol. The summed E-state index contributed by atoms with van der Waals surface area (Å²) in [6.45, 7) is 0. The Morgan fingerprint density at radius 2 is 1.93 bits per heavy atom. The maximum absolute atomic E-state index is 5.74. The van der Waals surface area contributed by atoms with E-state index < -0.39 is 0 Å². The third kappa shape index (κ3) is 2.77. The molecule has 0 spiro atoms. The van der Waals surface area contributed by atoms with E-state index in [1.807, 2.05) is 6.07 Å². The SMILES string of the molecule is CN(C)C1CCc2cc(N)ccc21.Cl.Cl. The molecule has 86 valence electrons. The second kappa shape index (κ2) is 5.59. The van der Waals surface area contributed by atoms with Crippen LogP contribution in [0.3, 0.4) is 0 Å². The molecule has 0 aromatic heterocycles. The summed E-state index contributed by atoms with van der Waals surface area (Å²) < 4.78 is 0. The van der Waals surface area contributed by atoms with Gasteiger partial charge in [-0.1, -0.05) is 6.07 Å². The van der Waals surface area contributed by atoms with Crippen LogP contribution in [0.4, 0.5) is 5.69 Å². The Morgan fingerprint density at radius 1 is 1.27 bits per heavy atom. The number of nitrogens with zero attached hydrogens (tertiary/aromatic N) is 1. The molecular weight excluding hydrogens is 231 g/mol. The lowest BCUT2D eigenvalue weighted by Crippen LogP contribution is -2.17. The van der Waals surface area contributed by atoms with Crippen LogP contribution in [0.1, 0.15) is 23.6 Å². The number of benzene rings is 1. The number of hydrogen-bond acceptors (Lipinski definition) is 2. The van der Waals surface area contributed by atoms with E-state index in [0.29, 0.717) is 6.04 Å². The van der Waals surface area contributed by atoms with E-state index >= 15 is 0 Å². The Kier molecular flexibility index (Phi) is 5.43. The van der Waals surface area contributed by atoms with Gasteiger partial charge in [0.1, 0.15) is 0 Å². The van der Waals surface area contributed by atoms with E-state index in [4.69, 9.17) is 5.73 Å². The Bertz CT molecular complexity index is 326. The minimum Gasteiger partial charge on any atom is -0.399 e. The first-order valence-electron chi connectivity index (χ1n) is 4.73. The van der Waals surface area contributed by atoms with Crippen LogP contribution in [-0.2, 0) is 6.42 Å². The summed E-state index contributed by atoms with van der Waals surface area (Å²) in [6, 6.07) is 6.87. The van der Waals surface area contributed by atoms with Crippen molar-refractivity contribution in [2.45, 2.75) is 18.9 Å². The second-order valence-electron chi connectivity index (χ2n) is 3.98. The van der Waals surface area contributed by atoms with E-state index in [0.717, 1.165) is 5.69 Å². The third-order valence-electron chi connectivity index (χ3n) is 2.84. The van der Waals surface area contributed by atoms with Gasteiger partial charge in [-0.25, -0.2) is 0 Å². The molecule has 1 aliphatic rings. The van der Waals surface area contributed by atoms with Gasteiger partial charge in [0.25, 0.3) is 0 Å².